The van der Waals surface area contributed by atoms with Crippen molar-refractivity contribution in [2.45, 2.75) is 199 Å². The van der Waals surface area contributed by atoms with Gasteiger partial charge in [0.15, 0.2) is 11.6 Å². The molecule has 0 N–H and O–H groups in total. The molecule has 0 aromatic heterocycles. The van der Waals surface area contributed by atoms with Gasteiger partial charge in [0.05, 0.1) is 11.6 Å². The second kappa shape index (κ2) is 60.0. The first-order valence-corrected chi connectivity index (χ1v) is 44.7. The largest absolute Gasteiger partial charge is 0.493 e. The van der Waals surface area contributed by atoms with Gasteiger partial charge in [0.2, 0.25) is 0 Å². The molecule has 0 bridgehead atoms. The Morgan fingerprint density at radius 3 is 0.664 bits per heavy atom. The van der Waals surface area contributed by atoms with Gasteiger partial charge in [-0.1, -0.05) is 271 Å². The number of hydrogen-bond acceptors (Lipinski definition) is 1. The van der Waals surface area contributed by atoms with Gasteiger partial charge in [-0.05, 0) is 383 Å². The average Bonchev–Trinajstić information content (AvgIpc) is 1.70. The van der Waals surface area contributed by atoms with Crippen molar-refractivity contribution in [2.75, 3.05) is 7.11 Å². The highest BCUT2D eigenvalue weighted by Gasteiger charge is 2.26. The quantitative estimate of drug-likeness (QED) is 0.124. The van der Waals surface area contributed by atoms with Crippen LogP contribution in [-0.2, 0) is 0 Å². The van der Waals surface area contributed by atoms with E-state index >= 15 is 0 Å². The van der Waals surface area contributed by atoms with E-state index in [4.69, 9.17) is 51.1 Å². The van der Waals surface area contributed by atoms with Crippen molar-refractivity contribution < 1.29 is 53.0 Å². The Morgan fingerprint density at radius 2 is 0.443 bits per heavy atom. The molecule has 15 rings (SSSR count). The third-order valence-electron chi connectivity index (χ3n) is 19.2. The molecule has 0 atom stereocenters. The van der Waals surface area contributed by atoms with Gasteiger partial charge in [-0.15, -0.1) is 0 Å². The summed E-state index contributed by atoms with van der Waals surface area (Å²) in [6.07, 6.45) is 2.33. The summed E-state index contributed by atoms with van der Waals surface area (Å²) in [5.74, 6) is -1.78. The Hall–Kier alpha value is -10.3. The molecule has 1 nitrogen and oxygen atoms in total. The average molecular weight is 1940 g/mol. The van der Waals surface area contributed by atoms with Gasteiger partial charge in [-0.25, -0.2) is 48.3 Å². The van der Waals surface area contributed by atoms with E-state index in [1.54, 1.807) is 104 Å². The third kappa shape index (κ3) is 47.6. The maximum Gasteiger partial charge on any atom is 0.165 e. The van der Waals surface area contributed by atoms with E-state index in [-0.39, 0.29) is 52.4 Å². The van der Waals surface area contributed by atoms with E-state index in [2.05, 4.69) is 93.0 Å². The van der Waals surface area contributed by atoms with Crippen molar-refractivity contribution in [1.82, 2.24) is 0 Å². The second-order valence-corrected chi connectivity index (χ2v) is 35.2. The van der Waals surface area contributed by atoms with Crippen LogP contribution in [0.2, 0.25) is 20.1 Å². The Balaban J connectivity index is 0.000000478. The first-order valence-electron chi connectivity index (χ1n) is 42.4. The molecule has 131 heavy (non-hydrogen) atoms. The fraction of sp³-hybridized carbons (Fsp3) is 0.263. The van der Waals surface area contributed by atoms with Crippen molar-refractivity contribution in [2.24, 2.45) is 0 Å². The van der Waals surface area contributed by atoms with E-state index in [1.165, 1.54) is 102 Å². The summed E-state index contributed by atoms with van der Waals surface area (Å²) in [6, 6.07) is 71.6. The molecular formula is C114H126BrCl4F11O. The lowest BCUT2D eigenvalue weighted by atomic mass is 10.1. The molecule has 0 amide bonds. The zero-order chi connectivity index (χ0) is 99.4. The summed E-state index contributed by atoms with van der Waals surface area (Å²) in [5, 5.41) is 2.10. The van der Waals surface area contributed by atoms with Crippen molar-refractivity contribution >= 4 is 62.3 Å². The maximum absolute atomic E-state index is 13.1. The van der Waals surface area contributed by atoms with Crippen molar-refractivity contribution in [3.8, 4) is 5.75 Å². The summed E-state index contributed by atoms with van der Waals surface area (Å²) in [5.41, 5.74) is 27.0. The zero-order valence-electron chi connectivity index (χ0n) is 80.5. The van der Waals surface area contributed by atoms with Gasteiger partial charge >= 0.3 is 0 Å². The monoisotopic (exact) mass is 1940 g/mol. The molecule has 1 saturated carbocycles. The molecule has 1 fully saturated rings. The van der Waals surface area contributed by atoms with Crippen LogP contribution in [0.25, 0.3) is 0 Å². The Labute approximate surface area is 802 Å². The van der Waals surface area contributed by atoms with Gasteiger partial charge in [-0.2, -0.15) is 0 Å². The molecular weight excluding hydrogens is 1820 g/mol. The lowest BCUT2D eigenvalue weighted by Gasteiger charge is -2.05. The van der Waals surface area contributed by atoms with E-state index in [0.29, 0.717) is 27.3 Å². The lowest BCUT2D eigenvalue weighted by molar-refractivity contribution is 0.383. The number of benzene rings is 14. The van der Waals surface area contributed by atoms with Crippen molar-refractivity contribution in [1.29, 1.82) is 0 Å². The van der Waals surface area contributed by atoms with Gasteiger partial charge in [0, 0.05) is 15.1 Å². The van der Waals surface area contributed by atoms with Crippen LogP contribution in [0.3, 0.4) is 0 Å². The second-order valence-electron chi connectivity index (χ2n) is 32.7. The number of ether oxygens (including phenoxy) is 1. The van der Waals surface area contributed by atoms with Gasteiger partial charge in [-0.3, -0.25) is 0 Å². The van der Waals surface area contributed by atoms with Crippen LogP contribution in [0, 0.1) is 244 Å². The fourth-order valence-electron chi connectivity index (χ4n) is 12.1. The Kier molecular flexibility index (Phi) is 53.5. The molecule has 0 radical (unpaired) electrons. The van der Waals surface area contributed by atoms with Crippen LogP contribution >= 0.6 is 62.3 Å². The van der Waals surface area contributed by atoms with Crippen molar-refractivity contribution in [3.63, 3.8) is 0 Å². The van der Waals surface area contributed by atoms with E-state index in [9.17, 15) is 48.3 Å². The predicted molar refractivity (Wildman–Crippen MR) is 539 cm³/mol. The van der Waals surface area contributed by atoms with Crippen molar-refractivity contribution in [3.05, 3.63) is 481 Å². The molecule has 700 valence electrons. The van der Waals surface area contributed by atoms with Crippen LogP contribution in [-0.4, -0.2) is 7.11 Å². The van der Waals surface area contributed by atoms with E-state index in [0.717, 1.165) is 126 Å². The minimum Gasteiger partial charge on any atom is -0.493 e. The summed E-state index contributed by atoms with van der Waals surface area (Å²) in [6.45, 7) is 49.7. The summed E-state index contributed by atoms with van der Waals surface area (Å²) in [4.78, 5) is 0. The smallest absolute Gasteiger partial charge is 0.165 e. The molecule has 1 aliphatic rings. The third-order valence-corrected chi connectivity index (χ3v) is 21.4. The molecule has 1 aliphatic carbocycles. The molecule has 0 saturated heterocycles. The van der Waals surface area contributed by atoms with Crippen LogP contribution in [0.15, 0.2) is 247 Å². The number of halogens is 16. The minimum absolute atomic E-state index is 0.0295. The maximum atomic E-state index is 13.1. The molecule has 14 aromatic carbocycles. The standard InChI is InChI=1S/C10H11F.C9H11FO.C8H8BrF.3C8H9Cl.6C8H9F.C8H10.C7H5ClF2/c1-7-2-5-10(11)9(6-7)8-3-4-8;1-6-4-7(2)9(11-3)8(10)5-6;1-5-3-6(2)8(10)7(9)4-5;9*1-6-3-4-8(9)7(2)5-6;1-7-4-3-5-8(2)6-7;1-4-2-5(9)7(8)6(10)3-4/h2,5-6,8H,3-4H2,1H3;4-5H,1-3H3;3-4H,1-2H3;9*3-5H,1-2H3;3-6H,1-2H3;2-3H,1H3. The molecule has 14 aromatic rings. The molecule has 0 heterocycles. The topological polar surface area (TPSA) is 9.23 Å². The van der Waals surface area contributed by atoms with E-state index < -0.39 is 16.7 Å². The molecule has 0 spiro atoms. The van der Waals surface area contributed by atoms with Crippen LogP contribution in [0.1, 0.15) is 169 Å². The van der Waals surface area contributed by atoms with Crippen LogP contribution in [0.4, 0.5) is 48.3 Å². The highest BCUT2D eigenvalue weighted by Crippen LogP contribution is 2.41. The normalized spacial score (nSPS) is 10.3. The summed E-state index contributed by atoms with van der Waals surface area (Å²) in [7, 11) is 1.47. The van der Waals surface area contributed by atoms with Gasteiger partial charge in [0.25, 0.3) is 0 Å². The highest BCUT2D eigenvalue weighted by atomic mass is 79.9. The Bertz CT molecular complexity index is 5070. The molecule has 0 unspecified atom stereocenters. The molecule has 0 aliphatic heterocycles. The van der Waals surface area contributed by atoms with E-state index in [1.807, 2.05) is 187 Å². The van der Waals surface area contributed by atoms with Crippen LogP contribution in [0.5, 0.6) is 5.75 Å². The number of aryl methyl sites for hydroxylation is 26. The van der Waals surface area contributed by atoms with Crippen LogP contribution < -0.4 is 4.74 Å². The summed E-state index contributed by atoms with van der Waals surface area (Å²) >= 11 is 25.7. The Morgan fingerprint density at radius 1 is 0.221 bits per heavy atom. The van der Waals surface area contributed by atoms with Gasteiger partial charge in [0.1, 0.15) is 63.2 Å². The number of hydrogen-bond donors (Lipinski definition) is 0. The molecule has 17 heteroatoms. The highest BCUT2D eigenvalue weighted by molar-refractivity contribution is 9.10. The lowest BCUT2D eigenvalue weighted by Crippen LogP contribution is -1.92. The first kappa shape index (κ1) is 117. The number of methoxy groups -OCH3 is 1. The SMILES string of the molecule is COc1c(C)cc(C)cc1F.Cc1cc(C)c(F)c(Br)c1.Cc1cc(F)c(Cl)c(F)c1.Cc1ccc(Cl)c(C)c1.Cc1ccc(Cl)c(C)c1.Cc1ccc(Cl)c(C)c1.Cc1ccc(F)c(C)c1.Cc1ccc(F)c(C)c1.Cc1ccc(F)c(C)c1.Cc1ccc(F)c(C)c1.Cc1ccc(F)c(C)c1.Cc1ccc(F)c(C)c1.Cc1ccc(F)c(C2CC2)c1.Cc1cccc(C)c1. The predicted octanol–water partition coefficient (Wildman–Crippen LogP) is 37.4. The van der Waals surface area contributed by atoms with Gasteiger partial charge < -0.3 is 4.74 Å². The fourth-order valence-corrected chi connectivity index (χ4v) is 13.2. The first-order chi connectivity index (χ1) is 61.2. The zero-order valence-corrected chi connectivity index (χ0v) is 85.2. The minimum atomic E-state index is -0.709. The number of rotatable bonds is 2. The summed E-state index contributed by atoms with van der Waals surface area (Å²) < 4.78 is 144.